The number of halogens is 1. The number of carbonyl (C=O) groups excluding carboxylic acids is 1. The van der Waals surface area contributed by atoms with E-state index in [0.29, 0.717) is 18.8 Å². The first-order chi connectivity index (χ1) is 9.06. The summed E-state index contributed by atoms with van der Waals surface area (Å²) in [5.74, 6) is 0.692. The molecule has 0 radical (unpaired) electrons. The summed E-state index contributed by atoms with van der Waals surface area (Å²) in [6.07, 6.45) is 0.394. The molecule has 2 aromatic rings. The van der Waals surface area contributed by atoms with Crippen LogP contribution >= 0.6 is 22.9 Å². The number of nitrogens with one attached hydrogen (secondary N) is 2. The van der Waals surface area contributed by atoms with Crippen molar-refractivity contribution >= 4 is 44.9 Å². The van der Waals surface area contributed by atoms with Crippen LogP contribution in [0.5, 0.6) is 0 Å². The number of thiophene rings is 1. The lowest BCUT2D eigenvalue weighted by molar-refractivity contribution is -0.121. The SMILES string of the molecule is CC(C)NC(=O)CCNc1nc(Cl)nc2sccc12. The molecule has 0 aromatic carbocycles. The molecule has 2 heterocycles. The third-order valence-corrected chi connectivity index (χ3v) is 3.37. The second-order valence-electron chi connectivity index (χ2n) is 4.38. The Bertz CT molecular complexity index is 584. The van der Waals surface area contributed by atoms with Gasteiger partial charge in [-0.25, -0.2) is 9.97 Å². The number of hydrogen-bond donors (Lipinski definition) is 2. The Labute approximate surface area is 120 Å². The van der Waals surface area contributed by atoms with E-state index < -0.39 is 0 Å². The van der Waals surface area contributed by atoms with Gasteiger partial charge < -0.3 is 10.6 Å². The molecule has 7 heteroatoms. The molecule has 2 rings (SSSR count). The summed E-state index contributed by atoms with van der Waals surface area (Å²) < 4.78 is 0. The molecule has 0 atom stereocenters. The lowest BCUT2D eigenvalue weighted by atomic mass is 10.3. The Hall–Kier alpha value is -1.40. The fourth-order valence-electron chi connectivity index (χ4n) is 1.65. The zero-order valence-electron chi connectivity index (χ0n) is 10.7. The fourth-order valence-corrected chi connectivity index (χ4v) is 2.64. The molecule has 0 aliphatic carbocycles. The van der Waals surface area contributed by atoms with Crippen LogP contribution in [-0.2, 0) is 4.79 Å². The zero-order chi connectivity index (χ0) is 13.8. The van der Waals surface area contributed by atoms with Crippen LogP contribution in [0.2, 0.25) is 5.28 Å². The lowest BCUT2D eigenvalue weighted by Crippen LogP contribution is -2.31. The van der Waals surface area contributed by atoms with Crippen LogP contribution in [0, 0.1) is 0 Å². The van der Waals surface area contributed by atoms with Crippen LogP contribution in [0.3, 0.4) is 0 Å². The van der Waals surface area contributed by atoms with Gasteiger partial charge in [0.15, 0.2) is 0 Å². The molecule has 0 saturated heterocycles. The second-order valence-corrected chi connectivity index (χ2v) is 5.61. The average Bonchev–Trinajstić information content (AvgIpc) is 2.75. The molecule has 0 aliphatic heterocycles. The van der Waals surface area contributed by atoms with Gasteiger partial charge in [-0.05, 0) is 36.9 Å². The standard InChI is InChI=1S/C12H15ClN4OS/c1-7(2)15-9(18)3-5-14-10-8-4-6-19-11(8)17-12(13)16-10/h4,6-7H,3,5H2,1-2H3,(H,15,18)(H,14,16,17). The van der Waals surface area contributed by atoms with E-state index in [2.05, 4.69) is 20.6 Å². The first kappa shape index (κ1) is 14.0. The summed E-state index contributed by atoms with van der Waals surface area (Å²) in [5.41, 5.74) is 0. The van der Waals surface area contributed by atoms with Crippen molar-refractivity contribution in [3.63, 3.8) is 0 Å². The number of fused-ring (bicyclic) bond motifs is 1. The summed E-state index contributed by atoms with van der Waals surface area (Å²) in [6, 6.07) is 2.09. The molecule has 0 aliphatic rings. The second kappa shape index (κ2) is 6.16. The normalized spacial score (nSPS) is 10.9. The lowest BCUT2D eigenvalue weighted by Gasteiger charge is -2.09. The molecular formula is C12H15ClN4OS. The van der Waals surface area contributed by atoms with E-state index in [0.717, 1.165) is 10.2 Å². The quantitative estimate of drug-likeness (QED) is 0.833. The molecule has 5 nitrogen and oxygen atoms in total. The molecule has 0 saturated carbocycles. The molecule has 0 fully saturated rings. The van der Waals surface area contributed by atoms with Crippen LogP contribution in [0.15, 0.2) is 11.4 Å². The number of anilines is 1. The number of hydrogen-bond acceptors (Lipinski definition) is 5. The van der Waals surface area contributed by atoms with Crippen LogP contribution in [-0.4, -0.2) is 28.5 Å². The highest BCUT2D eigenvalue weighted by Crippen LogP contribution is 2.26. The van der Waals surface area contributed by atoms with Crippen LogP contribution in [0.1, 0.15) is 20.3 Å². The maximum atomic E-state index is 11.5. The van der Waals surface area contributed by atoms with Crippen molar-refractivity contribution in [2.75, 3.05) is 11.9 Å². The van der Waals surface area contributed by atoms with E-state index in [4.69, 9.17) is 11.6 Å². The summed E-state index contributed by atoms with van der Waals surface area (Å²) in [4.78, 5) is 20.6. The maximum absolute atomic E-state index is 11.5. The van der Waals surface area contributed by atoms with Gasteiger partial charge in [0.25, 0.3) is 0 Å². The highest BCUT2D eigenvalue weighted by atomic mass is 35.5. The van der Waals surface area contributed by atoms with Crippen molar-refractivity contribution in [2.24, 2.45) is 0 Å². The monoisotopic (exact) mass is 298 g/mol. The maximum Gasteiger partial charge on any atom is 0.225 e. The summed E-state index contributed by atoms with van der Waals surface area (Å²) in [5, 5.41) is 9.04. The van der Waals surface area contributed by atoms with Gasteiger partial charge in [-0.2, -0.15) is 0 Å². The molecule has 2 N–H and O–H groups in total. The van der Waals surface area contributed by atoms with E-state index in [1.165, 1.54) is 11.3 Å². The number of nitrogens with zero attached hydrogens (tertiary/aromatic N) is 2. The van der Waals surface area contributed by atoms with Gasteiger partial charge in [-0.3, -0.25) is 4.79 Å². The molecule has 1 amide bonds. The summed E-state index contributed by atoms with van der Waals surface area (Å²) >= 11 is 7.37. The Kier molecular flexibility index (Phi) is 4.55. The van der Waals surface area contributed by atoms with Gasteiger partial charge in [0.05, 0.1) is 5.39 Å². The Balaban J connectivity index is 1.98. The summed E-state index contributed by atoms with van der Waals surface area (Å²) in [7, 11) is 0. The van der Waals surface area contributed by atoms with Gasteiger partial charge in [0.1, 0.15) is 10.6 Å². The molecule has 2 aromatic heterocycles. The minimum absolute atomic E-state index is 0.0178. The third-order valence-electron chi connectivity index (χ3n) is 2.39. The zero-order valence-corrected chi connectivity index (χ0v) is 12.3. The van der Waals surface area contributed by atoms with E-state index in [-0.39, 0.29) is 17.2 Å². The van der Waals surface area contributed by atoms with E-state index in [9.17, 15) is 4.79 Å². The van der Waals surface area contributed by atoms with E-state index >= 15 is 0 Å². The first-order valence-electron chi connectivity index (χ1n) is 6.00. The molecule has 102 valence electrons. The average molecular weight is 299 g/mol. The van der Waals surface area contributed by atoms with Gasteiger partial charge in [-0.1, -0.05) is 0 Å². The topological polar surface area (TPSA) is 66.9 Å². The highest BCUT2D eigenvalue weighted by molar-refractivity contribution is 7.16. The number of rotatable bonds is 5. The minimum atomic E-state index is 0.0178. The van der Waals surface area contributed by atoms with Crippen molar-refractivity contribution in [3.05, 3.63) is 16.7 Å². The van der Waals surface area contributed by atoms with Crippen molar-refractivity contribution in [2.45, 2.75) is 26.3 Å². The summed E-state index contributed by atoms with van der Waals surface area (Å²) in [6.45, 7) is 4.38. The van der Waals surface area contributed by atoms with Crippen molar-refractivity contribution in [3.8, 4) is 0 Å². The highest BCUT2D eigenvalue weighted by Gasteiger charge is 2.08. The fraction of sp³-hybridized carbons (Fsp3) is 0.417. The molecule has 0 unspecified atom stereocenters. The third kappa shape index (κ3) is 3.78. The molecule has 0 spiro atoms. The van der Waals surface area contributed by atoms with E-state index in [1.807, 2.05) is 25.3 Å². The predicted molar refractivity (Wildman–Crippen MR) is 78.8 cm³/mol. The smallest absolute Gasteiger partial charge is 0.225 e. The van der Waals surface area contributed by atoms with Crippen LogP contribution < -0.4 is 10.6 Å². The van der Waals surface area contributed by atoms with Gasteiger partial charge in [-0.15, -0.1) is 11.3 Å². The Morgan fingerprint density at radius 2 is 2.26 bits per heavy atom. The molecular weight excluding hydrogens is 284 g/mol. The Morgan fingerprint density at radius 3 is 3.00 bits per heavy atom. The van der Waals surface area contributed by atoms with Gasteiger partial charge in [0.2, 0.25) is 11.2 Å². The minimum Gasteiger partial charge on any atom is -0.369 e. The van der Waals surface area contributed by atoms with Crippen molar-refractivity contribution in [1.82, 2.24) is 15.3 Å². The van der Waals surface area contributed by atoms with Crippen molar-refractivity contribution < 1.29 is 4.79 Å². The van der Waals surface area contributed by atoms with Crippen LogP contribution in [0.4, 0.5) is 5.82 Å². The number of carbonyl (C=O) groups is 1. The largest absolute Gasteiger partial charge is 0.369 e. The van der Waals surface area contributed by atoms with Crippen LogP contribution in [0.25, 0.3) is 10.2 Å². The van der Waals surface area contributed by atoms with E-state index in [1.54, 1.807) is 0 Å². The molecule has 0 bridgehead atoms. The number of amides is 1. The first-order valence-corrected chi connectivity index (χ1v) is 7.26. The van der Waals surface area contributed by atoms with Gasteiger partial charge >= 0.3 is 0 Å². The Morgan fingerprint density at radius 1 is 1.47 bits per heavy atom. The predicted octanol–water partition coefficient (Wildman–Crippen LogP) is 2.67. The molecule has 19 heavy (non-hydrogen) atoms. The van der Waals surface area contributed by atoms with Gasteiger partial charge in [0, 0.05) is 19.0 Å². The number of aromatic nitrogens is 2. The van der Waals surface area contributed by atoms with Crippen molar-refractivity contribution in [1.29, 1.82) is 0 Å².